The topological polar surface area (TPSA) is 107 Å². The highest BCUT2D eigenvalue weighted by Gasteiger charge is 2.11. The Bertz CT molecular complexity index is 803. The standard InChI is InChI=1S/C17H17N5O2/c18-17-21-13(10-14-5-3-9-24-14)11-15(22-17)16(23)20-8-6-12-4-1-2-7-19-12/h1-5,7,9,11H,6,8,10H2,(H,20,23)(H2,18,21,22). The molecular weight excluding hydrogens is 306 g/mol. The number of furan rings is 1. The maximum Gasteiger partial charge on any atom is 0.270 e. The number of anilines is 1. The van der Waals surface area contributed by atoms with Crippen molar-refractivity contribution < 1.29 is 9.21 Å². The monoisotopic (exact) mass is 323 g/mol. The van der Waals surface area contributed by atoms with Crippen molar-refractivity contribution in [1.29, 1.82) is 0 Å². The highest BCUT2D eigenvalue weighted by atomic mass is 16.3. The predicted octanol–water partition coefficient (Wildman–Crippen LogP) is 1.61. The number of aromatic nitrogens is 3. The van der Waals surface area contributed by atoms with E-state index in [0.717, 1.165) is 11.5 Å². The fraction of sp³-hybridized carbons (Fsp3) is 0.176. The van der Waals surface area contributed by atoms with E-state index in [4.69, 9.17) is 10.2 Å². The molecule has 0 saturated heterocycles. The number of hydrogen-bond acceptors (Lipinski definition) is 6. The third-order valence-corrected chi connectivity index (χ3v) is 3.36. The van der Waals surface area contributed by atoms with Crippen molar-refractivity contribution in [1.82, 2.24) is 20.3 Å². The van der Waals surface area contributed by atoms with Gasteiger partial charge in [-0.05, 0) is 30.3 Å². The van der Waals surface area contributed by atoms with Crippen LogP contribution in [0.5, 0.6) is 0 Å². The molecular formula is C17H17N5O2. The van der Waals surface area contributed by atoms with Gasteiger partial charge in [0.1, 0.15) is 11.5 Å². The Morgan fingerprint density at radius 2 is 2.08 bits per heavy atom. The number of carbonyl (C=O) groups is 1. The minimum Gasteiger partial charge on any atom is -0.469 e. The van der Waals surface area contributed by atoms with E-state index >= 15 is 0 Å². The van der Waals surface area contributed by atoms with Gasteiger partial charge in [0.15, 0.2) is 0 Å². The summed E-state index contributed by atoms with van der Waals surface area (Å²) >= 11 is 0. The molecule has 0 aromatic carbocycles. The third kappa shape index (κ3) is 4.16. The zero-order valence-electron chi connectivity index (χ0n) is 13.0. The van der Waals surface area contributed by atoms with Crippen molar-refractivity contribution in [3.05, 3.63) is 71.7 Å². The molecule has 0 fully saturated rings. The summed E-state index contributed by atoms with van der Waals surface area (Å²) in [6.45, 7) is 0.466. The summed E-state index contributed by atoms with van der Waals surface area (Å²) in [5.41, 5.74) is 7.49. The lowest BCUT2D eigenvalue weighted by Crippen LogP contribution is -2.27. The van der Waals surface area contributed by atoms with Crippen LogP contribution < -0.4 is 11.1 Å². The lowest BCUT2D eigenvalue weighted by atomic mass is 10.2. The Hall–Kier alpha value is -3.22. The smallest absolute Gasteiger partial charge is 0.270 e. The normalized spacial score (nSPS) is 10.5. The van der Waals surface area contributed by atoms with Gasteiger partial charge in [0.25, 0.3) is 5.91 Å². The number of rotatable bonds is 6. The number of nitrogen functional groups attached to an aromatic ring is 1. The van der Waals surface area contributed by atoms with Gasteiger partial charge in [-0.25, -0.2) is 9.97 Å². The predicted molar refractivity (Wildman–Crippen MR) is 88.2 cm³/mol. The van der Waals surface area contributed by atoms with E-state index < -0.39 is 0 Å². The highest BCUT2D eigenvalue weighted by Crippen LogP contribution is 2.10. The molecule has 7 nitrogen and oxygen atoms in total. The summed E-state index contributed by atoms with van der Waals surface area (Å²) in [4.78, 5) is 24.6. The SMILES string of the molecule is Nc1nc(Cc2ccco2)cc(C(=O)NCCc2ccccn2)n1. The molecule has 3 aromatic rings. The second-order valence-electron chi connectivity index (χ2n) is 5.19. The van der Waals surface area contributed by atoms with Gasteiger partial charge in [-0.15, -0.1) is 0 Å². The van der Waals surface area contributed by atoms with Gasteiger partial charge in [0.2, 0.25) is 5.95 Å². The molecule has 0 aliphatic rings. The number of nitrogens with zero attached hydrogens (tertiary/aromatic N) is 3. The first kappa shape index (κ1) is 15.7. The molecule has 3 N–H and O–H groups in total. The Morgan fingerprint density at radius 3 is 2.83 bits per heavy atom. The first-order valence-corrected chi connectivity index (χ1v) is 7.54. The van der Waals surface area contributed by atoms with E-state index in [1.54, 1.807) is 24.6 Å². The minimum absolute atomic E-state index is 0.0638. The van der Waals surface area contributed by atoms with E-state index in [1.165, 1.54) is 0 Å². The first-order chi connectivity index (χ1) is 11.7. The molecule has 0 saturated carbocycles. The molecule has 7 heteroatoms. The van der Waals surface area contributed by atoms with Gasteiger partial charge in [-0.2, -0.15) is 0 Å². The number of hydrogen-bond donors (Lipinski definition) is 2. The molecule has 0 bridgehead atoms. The average Bonchev–Trinajstić information content (AvgIpc) is 3.08. The molecule has 0 aliphatic heterocycles. The average molecular weight is 323 g/mol. The van der Waals surface area contributed by atoms with Crippen molar-refractivity contribution in [3.63, 3.8) is 0 Å². The van der Waals surface area contributed by atoms with Gasteiger partial charge in [-0.3, -0.25) is 9.78 Å². The zero-order valence-corrected chi connectivity index (χ0v) is 13.0. The Kier molecular flexibility index (Phi) is 4.81. The Labute approximate surface area is 139 Å². The summed E-state index contributed by atoms with van der Waals surface area (Å²) in [6.07, 6.45) is 4.41. The number of pyridine rings is 1. The van der Waals surface area contributed by atoms with Crippen molar-refractivity contribution in [3.8, 4) is 0 Å². The van der Waals surface area contributed by atoms with Gasteiger partial charge in [0, 0.05) is 31.3 Å². The van der Waals surface area contributed by atoms with Crippen LogP contribution in [0.25, 0.3) is 0 Å². The van der Waals surface area contributed by atoms with Crippen LogP contribution in [0.1, 0.15) is 27.6 Å². The molecule has 0 aliphatic carbocycles. The summed E-state index contributed by atoms with van der Waals surface area (Å²) in [6, 6.07) is 10.9. The van der Waals surface area contributed by atoms with E-state index in [9.17, 15) is 4.79 Å². The lowest BCUT2D eigenvalue weighted by Gasteiger charge is -2.07. The molecule has 0 radical (unpaired) electrons. The van der Waals surface area contributed by atoms with E-state index in [2.05, 4.69) is 20.3 Å². The van der Waals surface area contributed by atoms with Crippen LogP contribution in [0.2, 0.25) is 0 Å². The number of nitrogens with one attached hydrogen (secondary N) is 1. The van der Waals surface area contributed by atoms with Gasteiger partial charge in [0.05, 0.1) is 12.0 Å². The third-order valence-electron chi connectivity index (χ3n) is 3.36. The van der Waals surface area contributed by atoms with Crippen molar-refractivity contribution in [2.24, 2.45) is 0 Å². The first-order valence-electron chi connectivity index (χ1n) is 7.54. The molecule has 1 amide bonds. The van der Waals surface area contributed by atoms with Gasteiger partial charge < -0.3 is 15.5 Å². The lowest BCUT2D eigenvalue weighted by molar-refractivity contribution is 0.0949. The molecule has 0 atom stereocenters. The Balaban J connectivity index is 1.62. The van der Waals surface area contributed by atoms with Crippen LogP contribution in [0.4, 0.5) is 5.95 Å². The molecule has 0 spiro atoms. The highest BCUT2D eigenvalue weighted by molar-refractivity contribution is 5.92. The van der Waals surface area contributed by atoms with Crippen molar-refractivity contribution >= 4 is 11.9 Å². The quantitative estimate of drug-likeness (QED) is 0.713. The van der Waals surface area contributed by atoms with Crippen molar-refractivity contribution in [2.75, 3.05) is 12.3 Å². The van der Waals surface area contributed by atoms with E-state index in [1.807, 2.05) is 24.3 Å². The summed E-state index contributed by atoms with van der Waals surface area (Å²) in [5, 5.41) is 2.81. The summed E-state index contributed by atoms with van der Waals surface area (Å²) < 4.78 is 5.28. The van der Waals surface area contributed by atoms with Crippen molar-refractivity contribution in [2.45, 2.75) is 12.8 Å². The Morgan fingerprint density at radius 1 is 1.17 bits per heavy atom. The second-order valence-corrected chi connectivity index (χ2v) is 5.19. The molecule has 3 rings (SSSR count). The molecule has 24 heavy (non-hydrogen) atoms. The van der Waals surface area contributed by atoms with Crippen LogP contribution in [-0.2, 0) is 12.8 Å². The second kappa shape index (κ2) is 7.36. The van der Waals surface area contributed by atoms with Crippen LogP contribution >= 0.6 is 0 Å². The molecule has 122 valence electrons. The number of nitrogens with two attached hydrogens (primary N) is 1. The van der Waals surface area contributed by atoms with Gasteiger partial charge in [-0.1, -0.05) is 6.07 Å². The van der Waals surface area contributed by atoms with Crippen LogP contribution in [0.15, 0.2) is 53.3 Å². The van der Waals surface area contributed by atoms with Crippen LogP contribution in [0.3, 0.4) is 0 Å². The summed E-state index contributed by atoms with van der Waals surface area (Å²) in [5.74, 6) is 0.518. The van der Waals surface area contributed by atoms with Crippen LogP contribution in [0, 0.1) is 0 Å². The zero-order chi connectivity index (χ0) is 16.8. The largest absolute Gasteiger partial charge is 0.469 e. The number of carbonyl (C=O) groups excluding carboxylic acids is 1. The van der Waals surface area contributed by atoms with E-state index in [-0.39, 0.29) is 17.5 Å². The molecule has 3 aromatic heterocycles. The fourth-order valence-electron chi connectivity index (χ4n) is 2.26. The fourth-order valence-corrected chi connectivity index (χ4v) is 2.26. The van der Waals surface area contributed by atoms with Crippen LogP contribution in [-0.4, -0.2) is 27.4 Å². The molecule has 0 unspecified atom stereocenters. The summed E-state index contributed by atoms with van der Waals surface area (Å²) in [7, 11) is 0. The molecule has 3 heterocycles. The maximum absolute atomic E-state index is 12.2. The minimum atomic E-state index is -0.291. The van der Waals surface area contributed by atoms with E-state index in [0.29, 0.717) is 25.1 Å². The maximum atomic E-state index is 12.2. The van der Waals surface area contributed by atoms with Gasteiger partial charge >= 0.3 is 0 Å². The number of amides is 1.